The summed E-state index contributed by atoms with van der Waals surface area (Å²) in [6.45, 7) is 11.6. The molecule has 4 unspecified atom stereocenters. The van der Waals surface area contributed by atoms with E-state index in [1.54, 1.807) is 7.11 Å². The number of nitrogens with two attached hydrogens (primary N) is 1. The minimum absolute atomic E-state index is 0.237. The number of benzene rings is 1. The molecule has 0 heterocycles. The van der Waals surface area contributed by atoms with Crippen LogP contribution in [-0.2, 0) is 35.1 Å². The third-order valence-corrected chi connectivity index (χ3v) is 7.83. The topological polar surface area (TPSA) is 112 Å². The summed E-state index contributed by atoms with van der Waals surface area (Å²) < 4.78 is 23.9. The smallest absolute Gasteiger partial charge is 0.306 e. The zero-order chi connectivity index (χ0) is 30.7. The molecule has 0 radical (unpaired) electrons. The molecule has 0 bridgehead atoms. The predicted octanol–water partition coefficient (Wildman–Crippen LogP) is 4.95. The first-order chi connectivity index (χ1) is 20.2. The normalized spacial score (nSPS) is 20.8. The number of hydrogen-bond donors (Lipinski definition) is 2. The molecule has 1 fully saturated rings. The third kappa shape index (κ3) is 14.0. The summed E-state index contributed by atoms with van der Waals surface area (Å²) in [5, 5.41) is 3.52. The van der Waals surface area contributed by atoms with Crippen molar-refractivity contribution in [3.63, 3.8) is 0 Å². The van der Waals surface area contributed by atoms with Crippen LogP contribution in [-0.4, -0.2) is 80.2 Å². The van der Waals surface area contributed by atoms with Crippen molar-refractivity contribution in [2.24, 2.45) is 5.73 Å². The fourth-order valence-electron chi connectivity index (χ4n) is 5.47. The minimum Gasteiger partial charge on any atom is -0.462 e. The quantitative estimate of drug-likeness (QED) is 0.116. The number of hydrogen-bond acceptors (Lipinski definition) is 9. The molecule has 42 heavy (non-hydrogen) atoms. The van der Waals surface area contributed by atoms with Gasteiger partial charge < -0.3 is 30.0 Å². The fourth-order valence-corrected chi connectivity index (χ4v) is 5.47. The number of carbonyl (C=O) groups excluding carboxylic acids is 2. The Bertz CT molecular complexity index is 861. The van der Waals surface area contributed by atoms with E-state index in [1.807, 2.05) is 30.3 Å². The molecule has 0 spiro atoms. The molecule has 2 rings (SSSR count). The van der Waals surface area contributed by atoms with Gasteiger partial charge in [-0.15, -0.1) is 0 Å². The molecule has 240 valence electrons. The molecule has 1 aliphatic carbocycles. The lowest BCUT2D eigenvalue weighted by molar-refractivity contribution is -0.194. The van der Waals surface area contributed by atoms with E-state index >= 15 is 0 Å². The fraction of sp³-hybridized carbons (Fsp3) is 0.758. The van der Waals surface area contributed by atoms with Gasteiger partial charge >= 0.3 is 11.9 Å². The maximum atomic E-state index is 12.9. The highest BCUT2D eigenvalue weighted by Gasteiger charge is 2.42. The van der Waals surface area contributed by atoms with E-state index in [4.69, 9.17) is 24.7 Å². The number of carbonyl (C=O) groups is 2. The zero-order valence-corrected chi connectivity index (χ0v) is 26.7. The zero-order valence-electron chi connectivity index (χ0n) is 26.7. The molecule has 0 saturated heterocycles. The van der Waals surface area contributed by atoms with Crippen LogP contribution in [0.25, 0.3) is 0 Å². The van der Waals surface area contributed by atoms with Crippen molar-refractivity contribution in [3.05, 3.63) is 35.9 Å². The summed E-state index contributed by atoms with van der Waals surface area (Å²) in [7, 11) is 1.62. The van der Waals surface area contributed by atoms with Gasteiger partial charge in [-0.1, -0.05) is 43.2 Å². The molecule has 1 aliphatic rings. The Labute approximate surface area is 254 Å². The molecule has 1 aromatic carbocycles. The summed E-state index contributed by atoms with van der Waals surface area (Å²) in [6.07, 6.45) is 5.06. The van der Waals surface area contributed by atoms with Crippen molar-refractivity contribution < 1.29 is 28.5 Å². The first-order valence-electron chi connectivity index (χ1n) is 16.0. The van der Waals surface area contributed by atoms with Crippen LogP contribution < -0.4 is 11.1 Å². The van der Waals surface area contributed by atoms with Crippen LogP contribution >= 0.6 is 0 Å². The SMILES string of the molecule is COC1CC(OC(=O)CCCCCN)CC(OC(=O)CCCCCNCN(C(C)C)C(C)C)C1OCc1ccccc1. The Balaban J connectivity index is 1.88. The summed E-state index contributed by atoms with van der Waals surface area (Å²) in [5.74, 6) is -0.491. The van der Waals surface area contributed by atoms with Gasteiger partial charge in [-0.2, -0.15) is 0 Å². The number of ether oxygens (including phenoxy) is 4. The van der Waals surface area contributed by atoms with Gasteiger partial charge in [0.1, 0.15) is 18.3 Å². The molecule has 9 heteroatoms. The average molecular weight is 592 g/mol. The average Bonchev–Trinajstić information content (AvgIpc) is 2.96. The molecule has 1 aromatic rings. The lowest BCUT2D eigenvalue weighted by atomic mass is 9.89. The van der Waals surface area contributed by atoms with Gasteiger partial charge in [0, 0.05) is 51.5 Å². The van der Waals surface area contributed by atoms with E-state index in [1.165, 1.54) is 0 Å². The van der Waals surface area contributed by atoms with Crippen LogP contribution in [0.5, 0.6) is 0 Å². The van der Waals surface area contributed by atoms with Crippen molar-refractivity contribution in [1.29, 1.82) is 0 Å². The van der Waals surface area contributed by atoms with Gasteiger partial charge in [0.25, 0.3) is 0 Å². The molecular weight excluding hydrogens is 534 g/mol. The molecule has 0 aromatic heterocycles. The first kappa shape index (κ1) is 36.2. The maximum Gasteiger partial charge on any atom is 0.306 e. The van der Waals surface area contributed by atoms with Gasteiger partial charge in [0.15, 0.2) is 0 Å². The molecule has 9 nitrogen and oxygen atoms in total. The van der Waals surface area contributed by atoms with Gasteiger partial charge in [0.05, 0.1) is 12.7 Å². The van der Waals surface area contributed by atoms with Crippen molar-refractivity contribution >= 4 is 11.9 Å². The van der Waals surface area contributed by atoms with Crippen LogP contribution in [0, 0.1) is 0 Å². The summed E-state index contributed by atoms with van der Waals surface area (Å²) in [6, 6.07) is 10.9. The highest BCUT2D eigenvalue weighted by atomic mass is 16.6. The highest BCUT2D eigenvalue weighted by Crippen LogP contribution is 2.30. The minimum atomic E-state index is -0.560. The Kier molecular flexibility index (Phi) is 17.9. The van der Waals surface area contributed by atoms with E-state index in [9.17, 15) is 9.59 Å². The Hall–Kier alpha value is -2.04. The largest absolute Gasteiger partial charge is 0.462 e. The van der Waals surface area contributed by atoms with Crippen LogP contribution in [0.3, 0.4) is 0 Å². The molecular formula is C33H57N3O6. The number of nitrogens with one attached hydrogen (secondary N) is 1. The van der Waals surface area contributed by atoms with Crippen molar-refractivity contribution in [2.45, 2.75) is 135 Å². The van der Waals surface area contributed by atoms with Crippen LogP contribution in [0.1, 0.15) is 97.5 Å². The van der Waals surface area contributed by atoms with Gasteiger partial charge in [-0.25, -0.2) is 0 Å². The maximum absolute atomic E-state index is 12.9. The van der Waals surface area contributed by atoms with Crippen LogP contribution in [0.4, 0.5) is 0 Å². The molecule has 0 amide bonds. The van der Waals surface area contributed by atoms with Crippen LogP contribution in [0.15, 0.2) is 30.3 Å². The number of unbranched alkanes of at least 4 members (excludes halogenated alkanes) is 4. The lowest BCUT2D eigenvalue weighted by Gasteiger charge is -2.40. The van der Waals surface area contributed by atoms with Gasteiger partial charge in [-0.3, -0.25) is 14.5 Å². The second-order valence-electron chi connectivity index (χ2n) is 11.9. The molecule has 3 N–H and O–H groups in total. The van der Waals surface area contributed by atoms with Crippen LogP contribution in [0.2, 0.25) is 0 Å². The van der Waals surface area contributed by atoms with Crippen molar-refractivity contribution in [2.75, 3.05) is 26.9 Å². The summed E-state index contributed by atoms with van der Waals surface area (Å²) in [5.41, 5.74) is 6.58. The number of nitrogens with zero attached hydrogens (tertiary/aromatic N) is 1. The van der Waals surface area contributed by atoms with E-state index in [-0.39, 0.29) is 18.0 Å². The predicted molar refractivity (Wildman–Crippen MR) is 166 cm³/mol. The monoisotopic (exact) mass is 591 g/mol. The van der Waals surface area contributed by atoms with Gasteiger partial charge in [0.2, 0.25) is 0 Å². The van der Waals surface area contributed by atoms with Crippen molar-refractivity contribution in [3.8, 4) is 0 Å². The standard InChI is InChI=1S/C33H57N3O6/c1-25(2)36(26(3)4)24-35-20-14-8-12-18-32(38)42-30-22-28(41-31(37)17-11-7-13-19-34)21-29(39-5)33(30)40-23-27-15-9-6-10-16-27/h6,9-10,15-16,25-26,28-30,33,35H,7-8,11-14,17-24,34H2,1-5H3. The molecule has 1 saturated carbocycles. The second kappa shape index (κ2) is 20.8. The molecule has 0 aliphatic heterocycles. The van der Waals surface area contributed by atoms with E-state index < -0.39 is 18.3 Å². The molecule has 4 atom stereocenters. The Morgan fingerprint density at radius 2 is 1.50 bits per heavy atom. The first-order valence-corrected chi connectivity index (χ1v) is 16.0. The number of methoxy groups -OCH3 is 1. The number of rotatable bonds is 21. The second-order valence-corrected chi connectivity index (χ2v) is 11.9. The van der Waals surface area contributed by atoms with Crippen molar-refractivity contribution in [1.82, 2.24) is 10.2 Å². The summed E-state index contributed by atoms with van der Waals surface area (Å²) >= 11 is 0. The highest BCUT2D eigenvalue weighted by molar-refractivity contribution is 5.70. The van der Waals surface area contributed by atoms with E-state index in [0.717, 1.165) is 57.3 Å². The van der Waals surface area contributed by atoms with Gasteiger partial charge in [-0.05, 0) is 72.0 Å². The van der Waals surface area contributed by atoms with E-state index in [2.05, 4.69) is 37.9 Å². The lowest BCUT2D eigenvalue weighted by Crippen LogP contribution is -2.51. The summed E-state index contributed by atoms with van der Waals surface area (Å²) in [4.78, 5) is 27.8. The third-order valence-electron chi connectivity index (χ3n) is 7.83. The number of esters is 2. The Morgan fingerprint density at radius 1 is 0.881 bits per heavy atom. The Morgan fingerprint density at radius 3 is 2.12 bits per heavy atom. The van der Waals surface area contributed by atoms with E-state index in [0.29, 0.717) is 50.9 Å².